The summed E-state index contributed by atoms with van der Waals surface area (Å²) in [6.45, 7) is 13.4. The Morgan fingerprint density at radius 2 is 1.19 bits per heavy atom. The first-order chi connectivity index (χ1) is 17.6. The van der Waals surface area contributed by atoms with Gasteiger partial charge in [-0.25, -0.2) is 0 Å². The van der Waals surface area contributed by atoms with Gasteiger partial charge in [0.05, 0.1) is 0 Å². The van der Waals surface area contributed by atoms with Crippen LogP contribution in [0.25, 0.3) is 0 Å². The Morgan fingerprint density at radius 1 is 0.730 bits per heavy atom. The van der Waals surface area contributed by atoms with Crippen LogP contribution in [0.4, 0.5) is 0 Å². The summed E-state index contributed by atoms with van der Waals surface area (Å²) in [4.78, 5) is 0. The SMILES string of the molecule is CCC(CC)(Oc1c(C)cccc1C)[P+](=O)Oc1cccc(O[P+](=O)C(C)Oc2c(C)cccc2C)c1. The van der Waals surface area contributed by atoms with E-state index in [0.717, 1.165) is 28.0 Å². The van der Waals surface area contributed by atoms with Gasteiger partial charge in [-0.1, -0.05) is 56.3 Å². The van der Waals surface area contributed by atoms with Crippen LogP contribution < -0.4 is 18.5 Å². The summed E-state index contributed by atoms with van der Waals surface area (Å²) in [7, 11) is -4.46. The average molecular weight is 543 g/mol. The monoisotopic (exact) mass is 542 g/mol. The molecule has 0 saturated carbocycles. The van der Waals surface area contributed by atoms with Crippen molar-refractivity contribution in [3.8, 4) is 23.0 Å². The molecule has 3 atom stereocenters. The highest BCUT2D eigenvalue weighted by Gasteiger charge is 2.53. The summed E-state index contributed by atoms with van der Waals surface area (Å²) in [5, 5.41) is -0.998. The Bertz CT molecular complexity index is 1230. The molecule has 0 bridgehead atoms. The normalized spacial score (nSPS) is 12.9. The van der Waals surface area contributed by atoms with Crippen molar-refractivity contribution in [2.24, 2.45) is 0 Å². The molecule has 0 aliphatic heterocycles. The molecule has 3 rings (SSSR count). The van der Waals surface area contributed by atoms with E-state index in [0.29, 0.717) is 30.1 Å². The second-order valence-corrected chi connectivity index (χ2v) is 12.1. The van der Waals surface area contributed by atoms with Crippen LogP contribution in [0.15, 0.2) is 60.7 Å². The third-order valence-electron chi connectivity index (χ3n) is 6.32. The van der Waals surface area contributed by atoms with Gasteiger partial charge in [-0.15, -0.1) is 0 Å². The van der Waals surface area contributed by atoms with Gasteiger partial charge in [0.15, 0.2) is 11.5 Å². The van der Waals surface area contributed by atoms with Crippen LogP contribution in [-0.4, -0.2) is 11.2 Å². The fourth-order valence-electron chi connectivity index (χ4n) is 3.98. The number of hydrogen-bond donors (Lipinski definition) is 0. The number of para-hydroxylation sites is 2. The van der Waals surface area contributed by atoms with Crippen LogP contribution in [0, 0.1) is 27.7 Å². The Hall–Kier alpha value is -2.94. The van der Waals surface area contributed by atoms with Crippen LogP contribution >= 0.6 is 16.1 Å². The van der Waals surface area contributed by atoms with E-state index in [9.17, 15) is 9.13 Å². The third kappa shape index (κ3) is 6.89. The molecule has 37 heavy (non-hydrogen) atoms. The Labute approximate surface area is 222 Å². The average Bonchev–Trinajstić information content (AvgIpc) is 2.86. The van der Waals surface area contributed by atoms with Gasteiger partial charge in [0.25, 0.3) is 0 Å². The van der Waals surface area contributed by atoms with Gasteiger partial charge in [0.2, 0.25) is 0 Å². The summed E-state index contributed by atoms with van der Waals surface area (Å²) < 4.78 is 50.3. The molecule has 0 heterocycles. The molecular weight excluding hydrogens is 506 g/mol. The summed E-state index contributed by atoms with van der Waals surface area (Å²) >= 11 is 0. The smallest absolute Gasteiger partial charge is 0.443 e. The largest absolute Gasteiger partial charge is 0.604 e. The van der Waals surface area contributed by atoms with Crippen molar-refractivity contribution in [2.45, 2.75) is 72.5 Å². The van der Waals surface area contributed by atoms with E-state index < -0.39 is 27.2 Å². The van der Waals surface area contributed by atoms with Gasteiger partial charge in [-0.05, 0) is 71.2 Å². The summed E-state index contributed by atoms with van der Waals surface area (Å²) in [6, 6.07) is 18.4. The first-order valence-corrected chi connectivity index (χ1v) is 14.9. The molecule has 0 aliphatic carbocycles. The van der Waals surface area contributed by atoms with Crippen LogP contribution in [0.2, 0.25) is 0 Å². The van der Waals surface area contributed by atoms with Crippen molar-refractivity contribution in [2.75, 3.05) is 0 Å². The van der Waals surface area contributed by atoms with E-state index in [-0.39, 0.29) is 0 Å². The second-order valence-electron chi connectivity index (χ2n) is 9.11. The molecule has 3 aromatic carbocycles. The highest BCUT2D eigenvalue weighted by Crippen LogP contribution is 2.48. The van der Waals surface area contributed by atoms with E-state index in [2.05, 4.69) is 0 Å². The predicted octanol–water partition coefficient (Wildman–Crippen LogP) is 9.18. The lowest BCUT2D eigenvalue weighted by Gasteiger charge is -2.23. The number of hydrogen-bond acceptors (Lipinski definition) is 6. The highest BCUT2D eigenvalue weighted by molar-refractivity contribution is 7.41. The minimum absolute atomic E-state index is 0.341. The number of rotatable bonds is 12. The molecule has 6 nitrogen and oxygen atoms in total. The van der Waals surface area contributed by atoms with Crippen LogP contribution in [0.5, 0.6) is 23.0 Å². The van der Waals surface area contributed by atoms with E-state index in [1.165, 1.54) is 0 Å². The molecule has 8 heteroatoms. The predicted molar refractivity (Wildman–Crippen MR) is 149 cm³/mol. The van der Waals surface area contributed by atoms with Gasteiger partial charge < -0.3 is 9.47 Å². The molecule has 0 spiro atoms. The molecule has 0 radical (unpaired) electrons. The first-order valence-electron chi connectivity index (χ1n) is 12.5. The maximum Gasteiger partial charge on any atom is 0.604 e. The lowest BCUT2D eigenvalue weighted by molar-refractivity contribution is 0.133. The Kier molecular flexibility index (Phi) is 9.70. The van der Waals surface area contributed by atoms with Gasteiger partial charge >= 0.3 is 27.2 Å². The molecule has 0 aliphatic rings. The molecule has 0 N–H and O–H groups in total. The highest BCUT2D eigenvalue weighted by atomic mass is 31.1. The molecule has 0 aromatic heterocycles. The van der Waals surface area contributed by atoms with Crippen LogP contribution in [0.3, 0.4) is 0 Å². The van der Waals surface area contributed by atoms with Gasteiger partial charge in [-0.2, -0.15) is 0 Å². The van der Waals surface area contributed by atoms with E-state index >= 15 is 0 Å². The van der Waals surface area contributed by atoms with E-state index in [1.807, 2.05) is 77.9 Å². The first kappa shape index (κ1) is 28.6. The zero-order valence-corrected chi connectivity index (χ0v) is 24.4. The summed E-state index contributed by atoms with van der Waals surface area (Å²) in [6.07, 6.45) is 1.00. The van der Waals surface area contributed by atoms with Crippen molar-refractivity contribution in [3.63, 3.8) is 0 Å². The summed E-state index contributed by atoms with van der Waals surface area (Å²) in [5.41, 5.74) is 3.89. The van der Waals surface area contributed by atoms with Crippen LogP contribution in [-0.2, 0) is 9.13 Å². The zero-order chi connectivity index (χ0) is 27.2. The van der Waals surface area contributed by atoms with E-state index in [4.69, 9.17) is 18.5 Å². The maximum absolute atomic E-state index is 13.5. The molecule has 0 saturated heterocycles. The quantitative estimate of drug-likeness (QED) is 0.213. The molecule has 196 valence electrons. The molecule has 0 amide bonds. The van der Waals surface area contributed by atoms with Gasteiger partial charge in [-0.3, -0.25) is 9.05 Å². The minimum atomic E-state index is -2.26. The topological polar surface area (TPSA) is 71.1 Å². The lowest BCUT2D eigenvalue weighted by atomic mass is 10.1. The number of aryl methyl sites for hydroxylation is 4. The van der Waals surface area contributed by atoms with Crippen molar-refractivity contribution in [1.29, 1.82) is 0 Å². The third-order valence-corrected chi connectivity index (χ3v) is 9.18. The maximum atomic E-state index is 13.5. The molecular formula is C29H36O6P2+2. The number of ether oxygens (including phenoxy) is 2. The van der Waals surface area contributed by atoms with Crippen molar-refractivity contribution < 1.29 is 27.7 Å². The Balaban J connectivity index is 1.72. The molecule has 0 fully saturated rings. The van der Waals surface area contributed by atoms with Gasteiger partial charge in [0, 0.05) is 25.8 Å². The van der Waals surface area contributed by atoms with Crippen molar-refractivity contribution in [3.05, 3.63) is 82.9 Å². The standard InChI is InChI=1S/C29H36O6P2/c1-8-29(9-2,33-28-22(5)15-11-16-23(28)6)37(31)35-26-18-12-17-25(19-26)34-36(30)24(7)32-27-20(3)13-10-14-21(27)4/h10-19,24H,8-9H2,1-7H3/q+2. The fraction of sp³-hybridized carbons (Fsp3) is 0.379. The minimum Gasteiger partial charge on any atom is -0.443 e. The van der Waals surface area contributed by atoms with Gasteiger partial charge in [0.1, 0.15) is 11.5 Å². The van der Waals surface area contributed by atoms with Crippen LogP contribution in [0.1, 0.15) is 55.9 Å². The second kappa shape index (κ2) is 12.5. The Morgan fingerprint density at radius 3 is 1.70 bits per heavy atom. The lowest BCUT2D eigenvalue weighted by Crippen LogP contribution is -2.32. The molecule has 3 aromatic rings. The zero-order valence-electron chi connectivity index (χ0n) is 22.6. The summed E-state index contributed by atoms with van der Waals surface area (Å²) in [5.74, 6) is 1.45. The fourth-order valence-corrected chi connectivity index (χ4v) is 5.80. The van der Waals surface area contributed by atoms with E-state index in [1.54, 1.807) is 31.2 Å². The van der Waals surface area contributed by atoms with Crippen molar-refractivity contribution >= 4 is 16.1 Å². The van der Waals surface area contributed by atoms with Crippen molar-refractivity contribution in [1.82, 2.24) is 0 Å². The molecule has 3 unspecified atom stereocenters. The number of benzene rings is 3.